The number of hydrogen-bond donors (Lipinski definition) is 1. The van der Waals surface area contributed by atoms with Crippen LogP contribution in [0.25, 0.3) is 0 Å². The fourth-order valence-corrected chi connectivity index (χ4v) is 2.76. The van der Waals surface area contributed by atoms with Crippen molar-refractivity contribution in [2.24, 2.45) is 0 Å². The van der Waals surface area contributed by atoms with Crippen molar-refractivity contribution in [2.45, 2.75) is 44.6 Å². The Bertz CT molecular complexity index is 356. The summed E-state index contributed by atoms with van der Waals surface area (Å²) in [6.45, 7) is 1.14. The third kappa shape index (κ3) is 1.65. The predicted octanol–water partition coefficient (Wildman–Crippen LogP) is 1.78. The van der Waals surface area contributed by atoms with E-state index < -0.39 is 0 Å². The van der Waals surface area contributed by atoms with Gasteiger partial charge < -0.3 is 5.32 Å². The summed E-state index contributed by atoms with van der Waals surface area (Å²) in [5, 5.41) is 3.53. The first kappa shape index (κ1) is 9.28. The van der Waals surface area contributed by atoms with E-state index in [0.717, 1.165) is 13.0 Å². The molecule has 1 aliphatic heterocycles. The van der Waals surface area contributed by atoms with Crippen molar-refractivity contribution in [1.82, 2.24) is 15.3 Å². The van der Waals surface area contributed by atoms with Crippen LogP contribution in [0.4, 0.5) is 0 Å². The van der Waals surface area contributed by atoms with Gasteiger partial charge in [-0.3, -0.25) is 0 Å². The zero-order valence-corrected chi connectivity index (χ0v) is 9.00. The first-order valence-corrected chi connectivity index (χ1v) is 6.01. The molecule has 0 radical (unpaired) electrons. The van der Waals surface area contributed by atoms with Gasteiger partial charge >= 0.3 is 0 Å². The molecule has 0 spiro atoms. The zero-order chi connectivity index (χ0) is 10.1. The second kappa shape index (κ2) is 3.89. The maximum absolute atomic E-state index is 4.50. The van der Waals surface area contributed by atoms with Gasteiger partial charge in [0.2, 0.25) is 0 Å². The van der Waals surface area contributed by atoms with Gasteiger partial charge in [0.1, 0.15) is 6.33 Å². The van der Waals surface area contributed by atoms with Gasteiger partial charge in [-0.2, -0.15) is 0 Å². The molecule has 15 heavy (non-hydrogen) atoms. The quantitative estimate of drug-likeness (QED) is 0.756. The van der Waals surface area contributed by atoms with Crippen LogP contribution in [0.3, 0.4) is 0 Å². The predicted molar refractivity (Wildman–Crippen MR) is 58.7 cm³/mol. The number of aryl methyl sites for hydroxylation is 1. The Morgan fingerprint density at radius 3 is 2.93 bits per heavy atom. The molecule has 3 nitrogen and oxygen atoms in total. The van der Waals surface area contributed by atoms with Crippen LogP contribution in [-0.4, -0.2) is 16.5 Å². The molecule has 3 rings (SSSR count). The van der Waals surface area contributed by atoms with E-state index in [1.807, 2.05) is 0 Å². The highest BCUT2D eigenvalue weighted by Crippen LogP contribution is 2.29. The minimum atomic E-state index is 0.500. The Morgan fingerprint density at radius 1 is 1.13 bits per heavy atom. The van der Waals surface area contributed by atoms with E-state index >= 15 is 0 Å². The van der Waals surface area contributed by atoms with E-state index in [4.69, 9.17) is 0 Å². The van der Waals surface area contributed by atoms with Crippen LogP contribution in [0.2, 0.25) is 0 Å². The maximum atomic E-state index is 4.50. The lowest BCUT2D eigenvalue weighted by Gasteiger charge is -2.20. The van der Waals surface area contributed by atoms with Crippen molar-refractivity contribution in [3.8, 4) is 0 Å². The Morgan fingerprint density at radius 2 is 2.07 bits per heavy atom. The van der Waals surface area contributed by atoms with Crippen molar-refractivity contribution >= 4 is 0 Å². The van der Waals surface area contributed by atoms with Gasteiger partial charge in [0, 0.05) is 11.7 Å². The summed E-state index contributed by atoms with van der Waals surface area (Å²) in [6.07, 6.45) is 9.20. The molecule has 1 N–H and O–H groups in total. The van der Waals surface area contributed by atoms with Crippen LogP contribution in [-0.2, 0) is 12.8 Å². The zero-order valence-electron chi connectivity index (χ0n) is 9.00. The molecule has 1 aromatic rings. The molecule has 1 aromatic heterocycles. The highest BCUT2D eigenvalue weighted by atomic mass is 15.0. The number of fused-ring (bicyclic) bond motifs is 1. The summed E-state index contributed by atoms with van der Waals surface area (Å²) in [4.78, 5) is 8.91. The molecule has 1 aliphatic carbocycles. The molecule has 1 atom stereocenters. The Labute approximate surface area is 90.3 Å². The summed E-state index contributed by atoms with van der Waals surface area (Å²) in [6, 6.07) is 0.500. The Balaban J connectivity index is 1.99. The minimum Gasteiger partial charge on any atom is -0.309 e. The largest absolute Gasteiger partial charge is 0.309 e. The number of hydrogen-bond acceptors (Lipinski definition) is 3. The lowest BCUT2D eigenvalue weighted by Crippen LogP contribution is -2.19. The van der Waals surface area contributed by atoms with Crippen LogP contribution in [0, 0.1) is 0 Å². The Kier molecular flexibility index (Phi) is 2.41. The molecule has 2 aliphatic rings. The number of aromatic nitrogens is 2. The van der Waals surface area contributed by atoms with Crippen molar-refractivity contribution in [2.75, 3.05) is 6.54 Å². The first-order chi connectivity index (χ1) is 7.45. The summed E-state index contributed by atoms with van der Waals surface area (Å²) in [5.41, 5.74) is 4.04. The molecule has 1 unspecified atom stereocenters. The molecular formula is C12H17N3. The minimum absolute atomic E-state index is 0.500. The highest BCUT2D eigenvalue weighted by Gasteiger charge is 2.23. The van der Waals surface area contributed by atoms with Gasteiger partial charge in [0.15, 0.2) is 0 Å². The van der Waals surface area contributed by atoms with Gasteiger partial charge in [-0.05, 0) is 50.6 Å². The normalized spacial score (nSPS) is 25.2. The fourth-order valence-electron chi connectivity index (χ4n) is 2.76. The van der Waals surface area contributed by atoms with Crippen LogP contribution in [0.15, 0.2) is 6.33 Å². The monoisotopic (exact) mass is 203 g/mol. The number of rotatable bonds is 1. The summed E-state index contributed by atoms with van der Waals surface area (Å²) < 4.78 is 0. The van der Waals surface area contributed by atoms with Crippen molar-refractivity contribution < 1.29 is 0 Å². The molecular weight excluding hydrogens is 186 g/mol. The van der Waals surface area contributed by atoms with Gasteiger partial charge in [-0.15, -0.1) is 0 Å². The molecule has 0 saturated carbocycles. The van der Waals surface area contributed by atoms with E-state index in [9.17, 15) is 0 Å². The molecule has 1 fully saturated rings. The van der Waals surface area contributed by atoms with E-state index in [1.165, 1.54) is 49.1 Å². The van der Waals surface area contributed by atoms with E-state index in [-0.39, 0.29) is 0 Å². The second-order valence-electron chi connectivity index (χ2n) is 4.54. The van der Waals surface area contributed by atoms with Gasteiger partial charge in [-0.1, -0.05) is 0 Å². The van der Waals surface area contributed by atoms with Crippen LogP contribution in [0.5, 0.6) is 0 Å². The molecule has 0 aromatic carbocycles. The maximum Gasteiger partial charge on any atom is 0.116 e. The Hall–Kier alpha value is -0.960. The standard InChI is InChI=1S/C12H17N3/c1-2-5-10-9(4-1)12(15-8-14-10)11-6-3-7-13-11/h8,11,13H,1-7H2. The molecule has 0 amide bonds. The summed E-state index contributed by atoms with van der Waals surface area (Å²) >= 11 is 0. The third-order valence-electron chi connectivity index (χ3n) is 3.55. The van der Waals surface area contributed by atoms with Crippen molar-refractivity contribution in [3.05, 3.63) is 23.3 Å². The second-order valence-corrected chi connectivity index (χ2v) is 4.54. The molecule has 2 heterocycles. The third-order valence-corrected chi connectivity index (χ3v) is 3.55. The van der Waals surface area contributed by atoms with Gasteiger partial charge in [0.25, 0.3) is 0 Å². The van der Waals surface area contributed by atoms with E-state index in [1.54, 1.807) is 6.33 Å². The highest BCUT2D eigenvalue weighted by molar-refractivity contribution is 5.29. The molecule has 1 saturated heterocycles. The molecule has 80 valence electrons. The fraction of sp³-hybridized carbons (Fsp3) is 0.667. The van der Waals surface area contributed by atoms with Crippen molar-refractivity contribution in [3.63, 3.8) is 0 Å². The van der Waals surface area contributed by atoms with Crippen LogP contribution in [0.1, 0.15) is 48.7 Å². The van der Waals surface area contributed by atoms with Gasteiger partial charge in [0.05, 0.1) is 5.69 Å². The van der Waals surface area contributed by atoms with E-state index in [2.05, 4.69) is 15.3 Å². The summed E-state index contributed by atoms with van der Waals surface area (Å²) in [7, 11) is 0. The molecule has 3 heteroatoms. The lowest BCUT2D eigenvalue weighted by atomic mass is 9.92. The smallest absolute Gasteiger partial charge is 0.116 e. The molecule has 0 bridgehead atoms. The van der Waals surface area contributed by atoms with Crippen LogP contribution >= 0.6 is 0 Å². The van der Waals surface area contributed by atoms with Gasteiger partial charge in [-0.25, -0.2) is 9.97 Å². The van der Waals surface area contributed by atoms with Crippen LogP contribution < -0.4 is 5.32 Å². The first-order valence-electron chi connectivity index (χ1n) is 6.01. The average Bonchev–Trinajstić information content (AvgIpc) is 2.82. The number of nitrogens with zero attached hydrogens (tertiary/aromatic N) is 2. The van der Waals surface area contributed by atoms with Crippen molar-refractivity contribution in [1.29, 1.82) is 0 Å². The summed E-state index contributed by atoms with van der Waals surface area (Å²) in [5.74, 6) is 0. The lowest BCUT2D eigenvalue weighted by molar-refractivity contribution is 0.586. The SMILES string of the molecule is c1nc2c(c(C3CCCN3)n1)CCCC2. The topological polar surface area (TPSA) is 37.8 Å². The number of nitrogens with one attached hydrogen (secondary N) is 1. The van der Waals surface area contributed by atoms with E-state index in [0.29, 0.717) is 6.04 Å². The average molecular weight is 203 g/mol.